The third-order valence-corrected chi connectivity index (χ3v) is 7.29. The van der Waals surface area contributed by atoms with E-state index in [2.05, 4.69) is 4.90 Å². The SMILES string of the molecule is O=C(c1ccco1)N1CCCN(C(=O)C23CC4CC(CC(C4)C2)C3)CC1. The number of hydrogen-bond donors (Lipinski definition) is 0. The van der Waals surface area contributed by atoms with E-state index in [9.17, 15) is 9.59 Å². The molecule has 2 heterocycles. The highest BCUT2D eigenvalue weighted by Crippen LogP contribution is 2.60. The molecule has 1 aromatic rings. The summed E-state index contributed by atoms with van der Waals surface area (Å²) in [4.78, 5) is 30.0. The van der Waals surface area contributed by atoms with Crippen LogP contribution >= 0.6 is 0 Å². The summed E-state index contributed by atoms with van der Waals surface area (Å²) in [7, 11) is 0. The molecule has 0 N–H and O–H groups in total. The molecule has 4 saturated carbocycles. The van der Waals surface area contributed by atoms with Gasteiger partial charge in [-0.15, -0.1) is 0 Å². The molecule has 0 atom stereocenters. The molecular weight excluding hydrogens is 328 g/mol. The molecule has 26 heavy (non-hydrogen) atoms. The maximum absolute atomic E-state index is 13.5. The predicted octanol–water partition coefficient (Wildman–Crippen LogP) is 3.17. The molecule has 6 rings (SSSR count). The van der Waals surface area contributed by atoms with Crippen molar-refractivity contribution < 1.29 is 14.0 Å². The van der Waals surface area contributed by atoms with Crippen molar-refractivity contribution >= 4 is 11.8 Å². The Morgan fingerprint density at radius 1 is 0.923 bits per heavy atom. The van der Waals surface area contributed by atoms with Gasteiger partial charge in [0, 0.05) is 26.2 Å². The normalized spacial score (nSPS) is 36.2. The molecule has 5 heteroatoms. The Morgan fingerprint density at radius 2 is 1.54 bits per heavy atom. The first-order valence-corrected chi connectivity index (χ1v) is 10.3. The van der Waals surface area contributed by atoms with Crippen LogP contribution in [0, 0.1) is 23.2 Å². The van der Waals surface area contributed by atoms with Crippen LogP contribution in [0.5, 0.6) is 0 Å². The first-order chi connectivity index (χ1) is 12.6. The van der Waals surface area contributed by atoms with Gasteiger partial charge in [0.05, 0.1) is 11.7 Å². The fourth-order valence-corrected chi connectivity index (χ4v) is 6.59. The average molecular weight is 356 g/mol. The summed E-state index contributed by atoms with van der Waals surface area (Å²) in [5.74, 6) is 3.09. The van der Waals surface area contributed by atoms with Gasteiger partial charge in [-0.05, 0) is 74.8 Å². The van der Waals surface area contributed by atoms with Crippen LogP contribution in [0.4, 0.5) is 0 Å². The molecule has 0 radical (unpaired) electrons. The second kappa shape index (κ2) is 6.14. The van der Waals surface area contributed by atoms with E-state index in [1.54, 1.807) is 12.1 Å². The van der Waals surface area contributed by atoms with E-state index in [1.165, 1.54) is 25.5 Å². The summed E-state index contributed by atoms with van der Waals surface area (Å²) in [5.41, 5.74) is -0.0745. The second-order valence-corrected chi connectivity index (χ2v) is 9.11. The number of amides is 2. The lowest BCUT2D eigenvalue weighted by molar-refractivity contribution is -0.157. The van der Waals surface area contributed by atoms with Crippen molar-refractivity contribution in [2.24, 2.45) is 23.2 Å². The first-order valence-electron chi connectivity index (χ1n) is 10.3. The lowest BCUT2D eigenvalue weighted by atomic mass is 9.49. The van der Waals surface area contributed by atoms with Crippen LogP contribution in [-0.2, 0) is 4.79 Å². The first kappa shape index (κ1) is 16.4. The molecule has 1 aromatic heterocycles. The number of rotatable bonds is 2. The molecule has 5 nitrogen and oxygen atoms in total. The van der Waals surface area contributed by atoms with Crippen LogP contribution in [0.2, 0.25) is 0 Å². The Labute approximate surface area is 154 Å². The summed E-state index contributed by atoms with van der Waals surface area (Å²) in [6, 6.07) is 3.46. The smallest absolute Gasteiger partial charge is 0.289 e. The molecule has 1 saturated heterocycles. The molecule has 5 aliphatic rings. The minimum absolute atomic E-state index is 0.0564. The predicted molar refractivity (Wildman–Crippen MR) is 96.4 cm³/mol. The molecule has 2 amide bonds. The quantitative estimate of drug-likeness (QED) is 0.818. The minimum Gasteiger partial charge on any atom is -0.459 e. The largest absolute Gasteiger partial charge is 0.459 e. The van der Waals surface area contributed by atoms with Crippen LogP contribution in [0.3, 0.4) is 0 Å². The van der Waals surface area contributed by atoms with Gasteiger partial charge in [0.2, 0.25) is 5.91 Å². The molecule has 1 aliphatic heterocycles. The highest BCUT2D eigenvalue weighted by molar-refractivity contribution is 5.91. The molecule has 4 bridgehead atoms. The maximum atomic E-state index is 13.5. The fourth-order valence-electron chi connectivity index (χ4n) is 6.59. The van der Waals surface area contributed by atoms with Gasteiger partial charge in [0.25, 0.3) is 5.91 Å². The van der Waals surface area contributed by atoms with Crippen LogP contribution in [0.15, 0.2) is 22.8 Å². The van der Waals surface area contributed by atoms with E-state index in [4.69, 9.17) is 4.42 Å². The zero-order valence-corrected chi connectivity index (χ0v) is 15.4. The summed E-state index contributed by atoms with van der Waals surface area (Å²) in [5, 5.41) is 0. The van der Waals surface area contributed by atoms with E-state index in [1.807, 2.05) is 4.90 Å². The van der Waals surface area contributed by atoms with Crippen molar-refractivity contribution in [3.63, 3.8) is 0 Å². The molecule has 0 aromatic carbocycles. The highest BCUT2D eigenvalue weighted by atomic mass is 16.3. The molecule has 5 fully saturated rings. The lowest BCUT2D eigenvalue weighted by Crippen LogP contribution is -2.55. The summed E-state index contributed by atoms with van der Waals surface area (Å²) in [6.45, 7) is 2.75. The van der Waals surface area contributed by atoms with Crippen molar-refractivity contribution in [3.8, 4) is 0 Å². The Hall–Kier alpha value is -1.78. The van der Waals surface area contributed by atoms with E-state index < -0.39 is 0 Å². The number of carbonyl (C=O) groups is 2. The topological polar surface area (TPSA) is 53.8 Å². The minimum atomic E-state index is -0.0745. The standard InChI is InChI=1S/C21H28N2O3/c24-19(18-3-1-8-26-18)22-4-2-5-23(7-6-22)20(25)21-12-15-9-16(13-21)11-17(10-15)14-21/h1,3,8,15-17H,2,4-7,9-14H2. The van der Waals surface area contributed by atoms with Crippen molar-refractivity contribution in [1.29, 1.82) is 0 Å². The summed E-state index contributed by atoms with van der Waals surface area (Å²) < 4.78 is 5.26. The van der Waals surface area contributed by atoms with Crippen molar-refractivity contribution in [3.05, 3.63) is 24.2 Å². The van der Waals surface area contributed by atoms with E-state index >= 15 is 0 Å². The van der Waals surface area contributed by atoms with Gasteiger partial charge in [0.15, 0.2) is 5.76 Å². The van der Waals surface area contributed by atoms with Crippen LogP contribution < -0.4 is 0 Å². The third kappa shape index (κ3) is 2.67. The second-order valence-electron chi connectivity index (χ2n) is 9.11. The lowest BCUT2D eigenvalue weighted by Gasteiger charge is -2.56. The molecule has 0 unspecified atom stereocenters. The molecule has 4 aliphatic carbocycles. The van der Waals surface area contributed by atoms with Crippen molar-refractivity contribution in [1.82, 2.24) is 9.80 Å². The Morgan fingerprint density at radius 3 is 2.15 bits per heavy atom. The number of furan rings is 1. The summed E-state index contributed by atoms with van der Waals surface area (Å²) in [6.07, 6.45) is 9.81. The molecule has 0 spiro atoms. The van der Waals surface area contributed by atoms with Crippen LogP contribution in [0.1, 0.15) is 55.5 Å². The Balaban J connectivity index is 1.28. The van der Waals surface area contributed by atoms with Crippen molar-refractivity contribution in [2.75, 3.05) is 26.2 Å². The Kier molecular flexibility index (Phi) is 3.87. The van der Waals surface area contributed by atoms with E-state index in [-0.39, 0.29) is 11.3 Å². The van der Waals surface area contributed by atoms with Crippen LogP contribution in [-0.4, -0.2) is 47.8 Å². The number of nitrogens with zero attached hydrogens (tertiary/aromatic N) is 2. The van der Waals surface area contributed by atoms with Gasteiger partial charge in [-0.3, -0.25) is 9.59 Å². The van der Waals surface area contributed by atoms with Gasteiger partial charge in [-0.1, -0.05) is 0 Å². The number of carbonyl (C=O) groups excluding carboxylic acids is 2. The highest BCUT2D eigenvalue weighted by Gasteiger charge is 2.55. The van der Waals surface area contributed by atoms with Gasteiger partial charge in [0.1, 0.15) is 0 Å². The average Bonchev–Trinajstić information content (AvgIpc) is 3.04. The van der Waals surface area contributed by atoms with Crippen LogP contribution in [0.25, 0.3) is 0 Å². The summed E-state index contributed by atoms with van der Waals surface area (Å²) >= 11 is 0. The zero-order chi connectivity index (χ0) is 17.7. The third-order valence-electron chi connectivity index (χ3n) is 7.29. The van der Waals surface area contributed by atoms with Crippen molar-refractivity contribution in [2.45, 2.75) is 44.9 Å². The Bertz CT molecular complexity index is 661. The van der Waals surface area contributed by atoms with Gasteiger partial charge in [-0.25, -0.2) is 0 Å². The van der Waals surface area contributed by atoms with Gasteiger partial charge in [-0.2, -0.15) is 0 Å². The van der Waals surface area contributed by atoms with E-state index in [0.29, 0.717) is 31.3 Å². The maximum Gasteiger partial charge on any atom is 0.289 e. The molecular formula is C21H28N2O3. The monoisotopic (exact) mass is 356 g/mol. The fraction of sp³-hybridized carbons (Fsp3) is 0.714. The van der Waals surface area contributed by atoms with E-state index in [0.717, 1.165) is 50.0 Å². The van der Waals surface area contributed by atoms with Gasteiger partial charge < -0.3 is 14.2 Å². The zero-order valence-electron chi connectivity index (χ0n) is 15.4. The molecule has 140 valence electrons. The van der Waals surface area contributed by atoms with Gasteiger partial charge >= 0.3 is 0 Å². The number of hydrogen-bond acceptors (Lipinski definition) is 3.